The van der Waals surface area contributed by atoms with E-state index in [-0.39, 0.29) is 48.3 Å². The van der Waals surface area contributed by atoms with Crippen LogP contribution in [-0.4, -0.2) is 59.7 Å². The largest absolute Gasteiger partial charge is 0.354 e. The summed E-state index contributed by atoms with van der Waals surface area (Å²) in [6, 6.07) is 0. The zero-order valence-corrected chi connectivity index (χ0v) is 13.8. The van der Waals surface area contributed by atoms with Crippen LogP contribution in [0.3, 0.4) is 0 Å². The Hall–Kier alpha value is -1.57. The fourth-order valence-corrected chi connectivity index (χ4v) is 2.73. The zero-order valence-electron chi connectivity index (χ0n) is 13.0. The van der Waals surface area contributed by atoms with Crippen LogP contribution in [0.15, 0.2) is 0 Å². The fourth-order valence-electron chi connectivity index (χ4n) is 2.09. The second kappa shape index (κ2) is 9.45. The third-order valence-corrected chi connectivity index (χ3v) is 4.23. The van der Waals surface area contributed by atoms with Gasteiger partial charge in [0.2, 0.25) is 23.6 Å². The molecule has 0 spiro atoms. The summed E-state index contributed by atoms with van der Waals surface area (Å²) < 4.78 is 0. The van der Waals surface area contributed by atoms with Gasteiger partial charge in [-0.25, -0.2) is 0 Å². The van der Waals surface area contributed by atoms with E-state index in [1.807, 2.05) is 6.92 Å². The van der Waals surface area contributed by atoms with Crippen molar-refractivity contribution in [3.8, 4) is 0 Å². The highest BCUT2D eigenvalue weighted by Crippen LogP contribution is 2.22. The van der Waals surface area contributed by atoms with E-state index < -0.39 is 0 Å². The second-order valence-corrected chi connectivity index (χ2v) is 6.05. The summed E-state index contributed by atoms with van der Waals surface area (Å²) in [5, 5.41) is 5.02. The first-order chi connectivity index (χ1) is 10.5. The highest BCUT2D eigenvalue weighted by atomic mass is 32.2. The summed E-state index contributed by atoms with van der Waals surface area (Å²) in [4.78, 5) is 47.6. The highest BCUT2D eigenvalue weighted by Gasteiger charge is 2.37. The molecule has 0 aromatic carbocycles. The quantitative estimate of drug-likeness (QED) is 0.455. The predicted molar refractivity (Wildman–Crippen MR) is 84.2 cm³/mol. The Bertz CT molecular complexity index is 442. The molecule has 0 radical (unpaired) electrons. The van der Waals surface area contributed by atoms with Crippen molar-refractivity contribution in [2.45, 2.75) is 37.9 Å². The summed E-state index contributed by atoms with van der Waals surface area (Å²) in [5.41, 5.74) is 0. The van der Waals surface area contributed by atoms with E-state index in [0.717, 1.165) is 11.3 Å². The van der Waals surface area contributed by atoms with Gasteiger partial charge in [0.05, 0.1) is 5.25 Å². The van der Waals surface area contributed by atoms with Crippen LogP contribution in [0.25, 0.3) is 0 Å². The maximum absolute atomic E-state index is 11.9. The molecule has 7 nitrogen and oxygen atoms in total. The molecule has 1 rings (SSSR count). The molecular weight excluding hydrogens is 306 g/mol. The Morgan fingerprint density at radius 1 is 1.18 bits per heavy atom. The van der Waals surface area contributed by atoms with Crippen LogP contribution >= 0.6 is 11.8 Å². The number of hydrogen-bond acceptors (Lipinski definition) is 5. The van der Waals surface area contributed by atoms with Gasteiger partial charge < -0.3 is 10.6 Å². The molecular formula is C14H23N3O4S. The Morgan fingerprint density at radius 3 is 2.27 bits per heavy atom. The van der Waals surface area contributed by atoms with Crippen LogP contribution in [-0.2, 0) is 19.2 Å². The van der Waals surface area contributed by atoms with E-state index in [2.05, 4.69) is 10.6 Å². The number of thioether (sulfide) groups is 1. The number of nitrogens with zero attached hydrogens (tertiary/aromatic N) is 1. The molecule has 1 heterocycles. The number of likely N-dealkylation sites (tertiary alicyclic amines) is 1. The van der Waals surface area contributed by atoms with E-state index in [9.17, 15) is 19.2 Å². The molecule has 2 N–H and O–H groups in total. The van der Waals surface area contributed by atoms with Gasteiger partial charge in [-0.1, -0.05) is 6.92 Å². The molecule has 0 aliphatic carbocycles. The number of amides is 4. The van der Waals surface area contributed by atoms with Crippen molar-refractivity contribution in [3.05, 3.63) is 0 Å². The topological polar surface area (TPSA) is 95.6 Å². The lowest BCUT2D eigenvalue weighted by Crippen LogP contribution is -2.38. The smallest absolute Gasteiger partial charge is 0.242 e. The summed E-state index contributed by atoms with van der Waals surface area (Å²) in [6.45, 7) is 2.75. The van der Waals surface area contributed by atoms with Crippen molar-refractivity contribution in [2.75, 3.05) is 25.9 Å². The molecule has 1 saturated heterocycles. The second-order valence-electron chi connectivity index (χ2n) is 5.01. The number of hydrogen-bond donors (Lipinski definition) is 2. The minimum atomic E-state index is -0.315. The predicted octanol–water partition coefficient (Wildman–Crippen LogP) is -0.100. The molecule has 1 fully saturated rings. The number of imide groups is 1. The van der Waals surface area contributed by atoms with Crippen molar-refractivity contribution >= 4 is 35.4 Å². The fraction of sp³-hybridized carbons (Fsp3) is 0.714. The van der Waals surface area contributed by atoms with Crippen LogP contribution in [0.2, 0.25) is 0 Å². The van der Waals surface area contributed by atoms with Crippen LogP contribution in [0.4, 0.5) is 0 Å². The SMILES string of the molecule is CCCC(=O)NCCNC(=O)CCN1C(=O)CC(SC)C1=O. The number of nitrogens with one attached hydrogen (secondary N) is 2. The van der Waals surface area contributed by atoms with Crippen LogP contribution in [0, 0.1) is 0 Å². The summed E-state index contributed by atoms with van der Waals surface area (Å²) in [6.07, 6.45) is 3.35. The van der Waals surface area contributed by atoms with Gasteiger partial charge in [0.15, 0.2) is 0 Å². The first-order valence-electron chi connectivity index (χ1n) is 7.40. The molecule has 1 atom stereocenters. The van der Waals surface area contributed by atoms with E-state index in [1.165, 1.54) is 11.8 Å². The molecule has 8 heteroatoms. The van der Waals surface area contributed by atoms with Crippen molar-refractivity contribution in [1.82, 2.24) is 15.5 Å². The third kappa shape index (κ3) is 5.67. The van der Waals surface area contributed by atoms with Crippen LogP contribution in [0.1, 0.15) is 32.6 Å². The average molecular weight is 329 g/mol. The van der Waals surface area contributed by atoms with E-state index in [0.29, 0.717) is 19.5 Å². The van der Waals surface area contributed by atoms with Gasteiger partial charge >= 0.3 is 0 Å². The van der Waals surface area contributed by atoms with Gasteiger partial charge in [0, 0.05) is 38.9 Å². The molecule has 1 unspecified atom stereocenters. The minimum Gasteiger partial charge on any atom is -0.354 e. The number of carbonyl (C=O) groups excluding carboxylic acids is 4. The van der Waals surface area contributed by atoms with Crippen LogP contribution in [0.5, 0.6) is 0 Å². The standard InChI is InChI=1S/C14H23N3O4S/c1-3-4-11(18)15-6-7-16-12(19)5-8-17-13(20)9-10(22-2)14(17)21/h10H,3-9H2,1-2H3,(H,15,18)(H,16,19). The van der Waals surface area contributed by atoms with Gasteiger partial charge in [-0.3, -0.25) is 24.1 Å². The molecule has 22 heavy (non-hydrogen) atoms. The van der Waals surface area contributed by atoms with Crippen molar-refractivity contribution < 1.29 is 19.2 Å². The lowest BCUT2D eigenvalue weighted by molar-refractivity contribution is -0.138. The molecule has 0 bridgehead atoms. The summed E-state index contributed by atoms with van der Waals surface area (Å²) in [7, 11) is 0. The maximum atomic E-state index is 11.9. The average Bonchev–Trinajstić information content (AvgIpc) is 2.76. The van der Waals surface area contributed by atoms with E-state index in [4.69, 9.17) is 0 Å². The first-order valence-corrected chi connectivity index (χ1v) is 8.68. The van der Waals surface area contributed by atoms with E-state index in [1.54, 1.807) is 6.26 Å². The molecule has 0 aromatic heterocycles. The van der Waals surface area contributed by atoms with Gasteiger partial charge in [-0.15, -0.1) is 0 Å². The van der Waals surface area contributed by atoms with Gasteiger partial charge in [0.25, 0.3) is 0 Å². The van der Waals surface area contributed by atoms with Crippen molar-refractivity contribution in [3.63, 3.8) is 0 Å². The molecule has 4 amide bonds. The Morgan fingerprint density at radius 2 is 1.77 bits per heavy atom. The zero-order chi connectivity index (χ0) is 16.5. The minimum absolute atomic E-state index is 0.0342. The molecule has 1 aliphatic rings. The van der Waals surface area contributed by atoms with E-state index >= 15 is 0 Å². The summed E-state index contributed by atoms with van der Waals surface area (Å²) >= 11 is 1.35. The molecule has 0 saturated carbocycles. The van der Waals surface area contributed by atoms with Gasteiger partial charge in [-0.05, 0) is 12.7 Å². The maximum Gasteiger partial charge on any atom is 0.242 e. The Balaban J connectivity index is 2.19. The normalized spacial score (nSPS) is 17.7. The first kappa shape index (κ1) is 18.5. The lowest BCUT2D eigenvalue weighted by atomic mass is 10.3. The molecule has 124 valence electrons. The highest BCUT2D eigenvalue weighted by molar-refractivity contribution is 8.00. The summed E-state index contributed by atoms with van der Waals surface area (Å²) in [5.74, 6) is -0.702. The van der Waals surface area contributed by atoms with Gasteiger partial charge in [-0.2, -0.15) is 11.8 Å². The van der Waals surface area contributed by atoms with Crippen LogP contribution < -0.4 is 10.6 Å². The lowest BCUT2D eigenvalue weighted by Gasteiger charge is -2.14. The van der Waals surface area contributed by atoms with Crippen molar-refractivity contribution in [2.24, 2.45) is 0 Å². The number of rotatable bonds is 9. The molecule has 1 aliphatic heterocycles. The van der Waals surface area contributed by atoms with Crippen molar-refractivity contribution in [1.29, 1.82) is 0 Å². The third-order valence-electron chi connectivity index (χ3n) is 3.30. The number of carbonyl (C=O) groups is 4. The Labute approximate surface area is 134 Å². The van der Waals surface area contributed by atoms with Gasteiger partial charge in [0.1, 0.15) is 0 Å². The Kier molecular flexibility index (Phi) is 7.94. The molecule has 0 aromatic rings. The monoisotopic (exact) mass is 329 g/mol.